The molecule has 0 atom stereocenters. The Morgan fingerprint density at radius 3 is 2.31 bits per heavy atom. The van der Waals surface area contributed by atoms with Crippen LogP contribution in [0.3, 0.4) is 0 Å². The number of urea groups is 1. The Morgan fingerprint density at radius 1 is 0.886 bits per heavy atom. The van der Waals surface area contributed by atoms with Gasteiger partial charge in [-0.25, -0.2) is 4.79 Å². The van der Waals surface area contributed by atoms with E-state index in [9.17, 15) is 4.79 Å². The van der Waals surface area contributed by atoms with Crippen LogP contribution >= 0.6 is 0 Å². The summed E-state index contributed by atoms with van der Waals surface area (Å²) in [5, 5.41) is 3.13. The highest BCUT2D eigenvalue weighted by Crippen LogP contribution is 2.27. The van der Waals surface area contributed by atoms with Gasteiger partial charge in [-0.15, -0.1) is 0 Å². The summed E-state index contributed by atoms with van der Waals surface area (Å²) in [4.78, 5) is 15.0. The fourth-order valence-corrected chi connectivity index (χ4v) is 5.71. The summed E-state index contributed by atoms with van der Waals surface area (Å²) in [5.41, 5.74) is 8.52. The fraction of sp³-hybridized carbons (Fsp3) is 0.387. The highest BCUT2D eigenvalue weighted by Gasteiger charge is 2.28. The second kappa shape index (κ2) is 10.2. The molecule has 1 N–H and O–H groups in total. The maximum atomic E-state index is 13.1. The third-order valence-electron chi connectivity index (χ3n) is 8.05. The molecule has 35 heavy (non-hydrogen) atoms. The van der Waals surface area contributed by atoms with Crippen molar-refractivity contribution in [3.8, 4) is 11.1 Å². The first-order valence-corrected chi connectivity index (χ1v) is 13.2. The van der Waals surface area contributed by atoms with E-state index in [0.29, 0.717) is 6.54 Å². The second-order valence-corrected chi connectivity index (χ2v) is 10.5. The van der Waals surface area contributed by atoms with E-state index in [-0.39, 0.29) is 6.03 Å². The molecule has 2 heterocycles. The number of piperidine rings is 1. The lowest BCUT2D eigenvalue weighted by Gasteiger charge is -2.41. The van der Waals surface area contributed by atoms with Crippen molar-refractivity contribution in [2.45, 2.75) is 52.6 Å². The maximum absolute atomic E-state index is 13.1. The van der Waals surface area contributed by atoms with Crippen molar-refractivity contribution in [3.63, 3.8) is 0 Å². The number of nitrogens with zero attached hydrogens (tertiary/aromatic N) is 2. The molecule has 2 aliphatic heterocycles. The molecule has 1 fully saturated rings. The summed E-state index contributed by atoms with van der Waals surface area (Å²) in [6, 6.07) is 23.8. The predicted molar refractivity (Wildman–Crippen MR) is 144 cm³/mol. The third kappa shape index (κ3) is 5.43. The molecule has 5 rings (SSSR count). The Bertz CT molecular complexity index is 1160. The lowest BCUT2D eigenvalue weighted by atomic mass is 9.94. The lowest BCUT2D eigenvalue weighted by molar-refractivity contribution is -0.943. The molecule has 3 aromatic rings. The zero-order chi connectivity index (χ0) is 24.3. The molecule has 0 aliphatic carbocycles. The molecular weight excluding hydrogens is 430 g/mol. The van der Waals surface area contributed by atoms with Gasteiger partial charge in [-0.2, -0.15) is 0 Å². The summed E-state index contributed by atoms with van der Waals surface area (Å²) in [5.74, 6) is 0. The van der Waals surface area contributed by atoms with E-state index in [2.05, 4.69) is 85.9 Å². The number of carbonyl (C=O) groups is 1. The Kier molecular flexibility index (Phi) is 6.92. The van der Waals surface area contributed by atoms with Crippen LogP contribution in [0.15, 0.2) is 66.7 Å². The topological polar surface area (TPSA) is 32.3 Å². The van der Waals surface area contributed by atoms with Crippen molar-refractivity contribution in [1.82, 2.24) is 4.90 Å². The first-order chi connectivity index (χ1) is 17.0. The summed E-state index contributed by atoms with van der Waals surface area (Å²) in [7, 11) is 0. The normalized spacial score (nSPS) is 17.0. The van der Waals surface area contributed by atoms with Gasteiger partial charge in [-0.1, -0.05) is 54.1 Å². The Morgan fingerprint density at radius 2 is 1.60 bits per heavy atom. The van der Waals surface area contributed by atoms with Gasteiger partial charge >= 0.3 is 6.03 Å². The van der Waals surface area contributed by atoms with Gasteiger partial charge in [0.1, 0.15) is 6.54 Å². The van der Waals surface area contributed by atoms with Gasteiger partial charge in [0.15, 0.2) is 0 Å². The van der Waals surface area contributed by atoms with Crippen LogP contribution in [0.25, 0.3) is 11.1 Å². The van der Waals surface area contributed by atoms with E-state index in [1.807, 2.05) is 4.90 Å². The zero-order valence-corrected chi connectivity index (χ0v) is 21.2. The average Bonchev–Trinajstić information content (AvgIpc) is 2.90. The molecule has 0 spiro atoms. The number of quaternary nitrogens is 1. The van der Waals surface area contributed by atoms with Crippen LogP contribution in [-0.2, 0) is 19.5 Å². The minimum Gasteiger partial charge on any atom is -0.320 e. The Balaban J connectivity index is 1.22. The van der Waals surface area contributed by atoms with E-state index in [1.54, 1.807) is 0 Å². The number of hydrogen-bond acceptors (Lipinski definition) is 1. The largest absolute Gasteiger partial charge is 0.322 e. The first kappa shape index (κ1) is 23.6. The molecule has 0 radical (unpaired) electrons. The van der Waals surface area contributed by atoms with E-state index in [0.717, 1.165) is 25.2 Å². The number of hydrogen-bond donors (Lipinski definition) is 1. The van der Waals surface area contributed by atoms with Crippen LogP contribution in [0.4, 0.5) is 10.5 Å². The maximum Gasteiger partial charge on any atom is 0.322 e. The van der Waals surface area contributed by atoms with E-state index >= 15 is 0 Å². The molecular formula is C31H38N3O+. The number of likely N-dealkylation sites (tertiary alicyclic amines) is 1. The molecule has 1 saturated heterocycles. The van der Waals surface area contributed by atoms with Crippen molar-refractivity contribution in [2.75, 3.05) is 31.5 Å². The molecule has 182 valence electrons. The highest BCUT2D eigenvalue weighted by atomic mass is 16.2. The number of carbonyl (C=O) groups excluding carboxylic acids is 1. The molecule has 2 aliphatic rings. The van der Waals surface area contributed by atoms with Crippen molar-refractivity contribution >= 4 is 11.7 Å². The van der Waals surface area contributed by atoms with Crippen LogP contribution in [0.1, 0.15) is 48.4 Å². The number of amides is 2. The van der Waals surface area contributed by atoms with E-state index < -0.39 is 0 Å². The smallest absolute Gasteiger partial charge is 0.320 e. The van der Waals surface area contributed by atoms with Gasteiger partial charge in [0.25, 0.3) is 0 Å². The van der Waals surface area contributed by atoms with Gasteiger partial charge in [0.05, 0.1) is 19.6 Å². The standard InChI is InChI=1S/C31H37N3O/c1-3-34(19-5-4-6-20-34)23-25-9-15-30(16-10-25)32-31(35)33-18-17-27-13-14-28(21-29(27)22-33)26-11-7-24(2)8-12-26/h7-16,21H,3-6,17-20,22-23H2,1-2H3/p+1. The zero-order valence-electron chi connectivity index (χ0n) is 21.2. The van der Waals surface area contributed by atoms with Gasteiger partial charge in [0, 0.05) is 24.3 Å². The summed E-state index contributed by atoms with van der Waals surface area (Å²) in [6.07, 6.45) is 4.95. The first-order valence-electron chi connectivity index (χ1n) is 13.2. The lowest BCUT2D eigenvalue weighted by Crippen LogP contribution is -2.50. The number of aryl methyl sites for hydroxylation is 1. The highest BCUT2D eigenvalue weighted by molar-refractivity contribution is 5.89. The van der Waals surface area contributed by atoms with Crippen molar-refractivity contribution < 1.29 is 9.28 Å². The summed E-state index contributed by atoms with van der Waals surface area (Å²) < 4.78 is 1.20. The number of benzene rings is 3. The summed E-state index contributed by atoms with van der Waals surface area (Å²) >= 11 is 0. The number of nitrogens with one attached hydrogen (secondary N) is 1. The van der Waals surface area contributed by atoms with Gasteiger partial charge in [-0.05, 0) is 80.0 Å². The van der Waals surface area contributed by atoms with Crippen LogP contribution in [-0.4, -0.2) is 41.6 Å². The summed E-state index contributed by atoms with van der Waals surface area (Å²) in [6.45, 7) is 10.7. The molecule has 2 amide bonds. The van der Waals surface area contributed by atoms with Crippen LogP contribution in [0.5, 0.6) is 0 Å². The van der Waals surface area contributed by atoms with Crippen molar-refractivity contribution in [2.24, 2.45) is 0 Å². The minimum absolute atomic E-state index is 0.0165. The van der Waals surface area contributed by atoms with Gasteiger partial charge in [0.2, 0.25) is 0 Å². The molecule has 0 saturated carbocycles. The minimum atomic E-state index is -0.0165. The number of anilines is 1. The Hall–Kier alpha value is -3.11. The van der Waals surface area contributed by atoms with E-state index in [4.69, 9.17) is 0 Å². The predicted octanol–water partition coefficient (Wildman–Crippen LogP) is 6.77. The molecule has 0 aromatic heterocycles. The molecule has 0 bridgehead atoms. The monoisotopic (exact) mass is 468 g/mol. The average molecular weight is 469 g/mol. The SMILES string of the molecule is CC[N+]1(Cc2ccc(NC(=O)N3CCc4ccc(-c5ccc(C)cc5)cc4C3)cc2)CCCCC1. The van der Waals surface area contributed by atoms with Gasteiger partial charge in [-0.3, -0.25) is 0 Å². The molecule has 4 nitrogen and oxygen atoms in total. The molecule has 3 aromatic carbocycles. The van der Waals surface area contributed by atoms with Gasteiger partial charge < -0.3 is 14.7 Å². The number of fused-ring (bicyclic) bond motifs is 1. The number of rotatable bonds is 5. The quantitative estimate of drug-likeness (QED) is 0.412. The third-order valence-corrected chi connectivity index (χ3v) is 8.05. The van der Waals surface area contributed by atoms with Crippen LogP contribution < -0.4 is 5.32 Å². The van der Waals surface area contributed by atoms with E-state index in [1.165, 1.54) is 76.8 Å². The Labute approximate surface area is 210 Å². The van der Waals surface area contributed by atoms with Crippen molar-refractivity contribution in [3.05, 3.63) is 89.0 Å². The van der Waals surface area contributed by atoms with Crippen LogP contribution in [0.2, 0.25) is 0 Å². The van der Waals surface area contributed by atoms with Crippen molar-refractivity contribution in [1.29, 1.82) is 0 Å². The second-order valence-electron chi connectivity index (χ2n) is 10.5. The molecule has 4 heteroatoms. The molecule has 0 unspecified atom stereocenters. The fourth-order valence-electron chi connectivity index (χ4n) is 5.71. The van der Waals surface area contributed by atoms with Crippen LogP contribution in [0, 0.1) is 6.92 Å².